The maximum absolute atomic E-state index is 12.7. The topological polar surface area (TPSA) is 90.7 Å². The van der Waals surface area contributed by atoms with Crippen molar-refractivity contribution in [3.63, 3.8) is 0 Å². The maximum atomic E-state index is 12.7. The Labute approximate surface area is 187 Å². The van der Waals surface area contributed by atoms with Gasteiger partial charge in [0, 0.05) is 25.7 Å². The van der Waals surface area contributed by atoms with E-state index < -0.39 is 10.0 Å². The van der Waals surface area contributed by atoms with Crippen molar-refractivity contribution >= 4 is 16.0 Å². The smallest absolute Gasteiger partial charge is 0.306 e. The van der Waals surface area contributed by atoms with Crippen LogP contribution in [-0.2, 0) is 37.3 Å². The molecule has 0 spiro atoms. The monoisotopic (exact) mass is 455 g/mol. The van der Waals surface area contributed by atoms with Crippen molar-refractivity contribution in [1.82, 2.24) is 14.1 Å². The van der Waals surface area contributed by atoms with Gasteiger partial charge in [0.25, 0.3) is 0 Å². The van der Waals surface area contributed by atoms with E-state index in [4.69, 9.17) is 9.47 Å². The van der Waals surface area contributed by atoms with E-state index in [9.17, 15) is 13.2 Å². The Morgan fingerprint density at radius 1 is 1.00 bits per heavy atom. The first-order chi connectivity index (χ1) is 15.5. The summed E-state index contributed by atoms with van der Waals surface area (Å²) in [5.41, 5.74) is 2.47. The lowest BCUT2D eigenvalue weighted by atomic mass is 10.1. The number of rotatable bonds is 8. The minimum absolute atomic E-state index is 0.107. The van der Waals surface area contributed by atoms with E-state index in [0.29, 0.717) is 38.4 Å². The van der Waals surface area contributed by atoms with Crippen LogP contribution in [0.2, 0.25) is 0 Å². The number of hydrogen-bond donors (Lipinski definition) is 0. The molecule has 0 N–H and O–H groups in total. The molecule has 0 unspecified atom stereocenters. The van der Waals surface area contributed by atoms with Gasteiger partial charge in [0.05, 0.1) is 23.8 Å². The SMILES string of the molecule is O=C(CCc1ccc(S(=O)(=O)N2CCOCC2)cc1)OCc1ccn(-c2ccccc2)n1. The molecule has 1 saturated heterocycles. The van der Waals surface area contributed by atoms with Crippen molar-refractivity contribution in [2.24, 2.45) is 0 Å². The summed E-state index contributed by atoms with van der Waals surface area (Å²) in [7, 11) is -3.51. The molecule has 0 bridgehead atoms. The zero-order valence-corrected chi connectivity index (χ0v) is 18.4. The number of carbonyl (C=O) groups is 1. The molecule has 0 amide bonds. The Balaban J connectivity index is 1.26. The average Bonchev–Trinajstić information content (AvgIpc) is 3.32. The van der Waals surface area contributed by atoms with Gasteiger partial charge in [-0.05, 0) is 42.3 Å². The largest absolute Gasteiger partial charge is 0.459 e. The first kappa shape index (κ1) is 22.2. The Kier molecular flexibility index (Phi) is 6.99. The first-order valence-electron chi connectivity index (χ1n) is 10.4. The number of sulfonamides is 1. The molecule has 2 heterocycles. The van der Waals surface area contributed by atoms with E-state index in [2.05, 4.69) is 5.10 Å². The third-order valence-electron chi connectivity index (χ3n) is 5.20. The quantitative estimate of drug-likeness (QED) is 0.485. The summed E-state index contributed by atoms with van der Waals surface area (Å²) in [4.78, 5) is 12.4. The minimum atomic E-state index is -3.51. The molecule has 32 heavy (non-hydrogen) atoms. The van der Waals surface area contributed by atoms with Crippen LogP contribution >= 0.6 is 0 Å². The van der Waals surface area contributed by atoms with Gasteiger partial charge in [-0.3, -0.25) is 4.79 Å². The Morgan fingerprint density at radius 3 is 2.44 bits per heavy atom. The number of aromatic nitrogens is 2. The summed E-state index contributed by atoms with van der Waals surface area (Å²) in [6, 6.07) is 18.1. The molecule has 0 radical (unpaired) electrons. The zero-order valence-electron chi connectivity index (χ0n) is 17.6. The molecular weight excluding hydrogens is 430 g/mol. The van der Waals surface area contributed by atoms with Crippen LogP contribution in [0.15, 0.2) is 71.8 Å². The molecule has 4 rings (SSSR count). The van der Waals surface area contributed by atoms with E-state index in [0.717, 1.165) is 11.3 Å². The van der Waals surface area contributed by atoms with Gasteiger partial charge >= 0.3 is 5.97 Å². The number of ether oxygens (including phenoxy) is 2. The fraction of sp³-hybridized carbons (Fsp3) is 0.304. The highest BCUT2D eigenvalue weighted by Crippen LogP contribution is 2.18. The van der Waals surface area contributed by atoms with Gasteiger partial charge in [0.1, 0.15) is 12.3 Å². The molecule has 9 heteroatoms. The molecular formula is C23H25N3O5S. The lowest BCUT2D eigenvalue weighted by molar-refractivity contribution is -0.145. The van der Waals surface area contributed by atoms with Gasteiger partial charge < -0.3 is 9.47 Å². The van der Waals surface area contributed by atoms with Crippen LogP contribution in [0.4, 0.5) is 0 Å². The summed E-state index contributed by atoms with van der Waals surface area (Å²) < 4.78 is 39.0. The van der Waals surface area contributed by atoms with E-state index in [1.807, 2.05) is 42.6 Å². The molecule has 1 aliphatic heterocycles. The minimum Gasteiger partial charge on any atom is -0.459 e. The summed E-state index contributed by atoms with van der Waals surface area (Å²) in [6.07, 6.45) is 2.50. The molecule has 1 aromatic heterocycles. The van der Waals surface area contributed by atoms with Crippen LogP contribution in [0.25, 0.3) is 5.69 Å². The molecule has 0 saturated carbocycles. The van der Waals surface area contributed by atoms with Gasteiger partial charge in [0.15, 0.2) is 0 Å². The zero-order chi connectivity index (χ0) is 22.4. The highest BCUT2D eigenvalue weighted by molar-refractivity contribution is 7.89. The number of aryl methyl sites for hydroxylation is 1. The second kappa shape index (κ2) is 10.1. The van der Waals surface area contributed by atoms with Crippen LogP contribution in [0.3, 0.4) is 0 Å². The highest BCUT2D eigenvalue weighted by atomic mass is 32.2. The lowest BCUT2D eigenvalue weighted by Gasteiger charge is -2.26. The summed E-state index contributed by atoms with van der Waals surface area (Å²) in [6.45, 7) is 1.65. The second-order valence-corrected chi connectivity index (χ2v) is 9.35. The average molecular weight is 456 g/mol. The predicted molar refractivity (Wildman–Crippen MR) is 118 cm³/mol. The van der Waals surface area contributed by atoms with Gasteiger partial charge in [0.2, 0.25) is 10.0 Å². The summed E-state index contributed by atoms with van der Waals surface area (Å²) in [5.74, 6) is -0.329. The summed E-state index contributed by atoms with van der Waals surface area (Å²) in [5, 5.41) is 4.41. The fourth-order valence-electron chi connectivity index (χ4n) is 3.40. The van der Waals surface area contributed by atoms with Gasteiger partial charge in [-0.25, -0.2) is 13.1 Å². The number of hydrogen-bond acceptors (Lipinski definition) is 6. The highest BCUT2D eigenvalue weighted by Gasteiger charge is 2.26. The van der Waals surface area contributed by atoms with Gasteiger partial charge in [-0.15, -0.1) is 0 Å². The Bertz CT molecular complexity index is 1140. The predicted octanol–water partition coefficient (Wildman–Crippen LogP) is 2.57. The third kappa shape index (κ3) is 5.42. The molecule has 0 aliphatic carbocycles. The molecule has 168 valence electrons. The fourth-order valence-corrected chi connectivity index (χ4v) is 4.81. The van der Waals surface area contributed by atoms with E-state index in [-0.39, 0.29) is 23.9 Å². The third-order valence-corrected chi connectivity index (χ3v) is 7.11. The number of morpholine rings is 1. The van der Waals surface area contributed by atoms with Crippen molar-refractivity contribution in [3.05, 3.63) is 78.1 Å². The van der Waals surface area contributed by atoms with Crippen LogP contribution < -0.4 is 0 Å². The second-order valence-electron chi connectivity index (χ2n) is 7.41. The van der Waals surface area contributed by atoms with Crippen molar-refractivity contribution in [3.8, 4) is 5.69 Å². The number of para-hydroxylation sites is 1. The van der Waals surface area contributed by atoms with Crippen molar-refractivity contribution in [1.29, 1.82) is 0 Å². The summed E-state index contributed by atoms with van der Waals surface area (Å²) >= 11 is 0. The maximum Gasteiger partial charge on any atom is 0.306 e. The molecule has 3 aromatic rings. The van der Waals surface area contributed by atoms with Gasteiger partial charge in [-0.1, -0.05) is 30.3 Å². The number of benzene rings is 2. The molecule has 2 aromatic carbocycles. The Hall–Kier alpha value is -3.01. The van der Waals surface area contributed by atoms with Crippen molar-refractivity contribution in [2.45, 2.75) is 24.3 Å². The standard InChI is InChI=1S/C23H25N3O5S/c27-23(31-18-20-12-13-26(24-20)21-4-2-1-3-5-21)11-8-19-6-9-22(10-7-19)32(28,29)25-14-16-30-17-15-25/h1-7,9-10,12-13H,8,11,14-18H2. The number of carbonyl (C=O) groups excluding carboxylic acids is 1. The van der Waals surface area contributed by atoms with Crippen LogP contribution in [0.5, 0.6) is 0 Å². The van der Waals surface area contributed by atoms with Crippen LogP contribution in [0.1, 0.15) is 17.7 Å². The molecule has 1 fully saturated rings. The lowest BCUT2D eigenvalue weighted by Crippen LogP contribution is -2.40. The molecule has 0 atom stereocenters. The van der Waals surface area contributed by atoms with Crippen molar-refractivity contribution in [2.75, 3.05) is 26.3 Å². The Morgan fingerprint density at radius 2 is 1.72 bits per heavy atom. The van der Waals surface area contributed by atoms with Crippen molar-refractivity contribution < 1.29 is 22.7 Å². The molecule has 1 aliphatic rings. The number of esters is 1. The van der Waals surface area contributed by atoms with E-state index >= 15 is 0 Å². The first-order valence-corrected chi connectivity index (χ1v) is 11.9. The van der Waals surface area contributed by atoms with E-state index in [1.54, 1.807) is 28.9 Å². The van der Waals surface area contributed by atoms with Crippen LogP contribution in [0, 0.1) is 0 Å². The van der Waals surface area contributed by atoms with Crippen LogP contribution in [-0.4, -0.2) is 54.8 Å². The molecule has 8 nitrogen and oxygen atoms in total. The normalized spacial score (nSPS) is 14.9. The number of nitrogens with zero attached hydrogens (tertiary/aromatic N) is 3. The van der Waals surface area contributed by atoms with E-state index in [1.165, 1.54) is 4.31 Å². The van der Waals surface area contributed by atoms with Gasteiger partial charge in [-0.2, -0.15) is 9.40 Å².